The quantitative estimate of drug-likeness (QED) is 0.531. The number of aryl methyl sites for hydroxylation is 1. The molecule has 0 aliphatic heterocycles. The molecule has 0 unspecified atom stereocenters. The molecule has 2 aromatic rings. The van der Waals surface area contributed by atoms with Gasteiger partial charge in [-0.3, -0.25) is 13.9 Å². The van der Waals surface area contributed by atoms with Crippen molar-refractivity contribution in [1.82, 2.24) is 10.2 Å². The van der Waals surface area contributed by atoms with Crippen LogP contribution in [0.15, 0.2) is 48.5 Å². The van der Waals surface area contributed by atoms with E-state index < -0.39 is 39.9 Å². The lowest BCUT2D eigenvalue weighted by atomic mass is 10.1. The van der Waals surface area contributed by atoms with Crippen LogP contribution in [0, 0.1) is 5.82 Å². The van der Waals surface area contributed by atoms with Crippen LogP contribution in [-0.2, 0) is 32.6 Å². The normalized spacial score (nSPS) is 12.7. The number of hydrogen-bond donors (Lipinski definition) is 1. The number of anilines is 1. The zero-order chi connectivity index (χ0) is 26.4. The highest BCUT2D eigenvalue weighted by Gasteiger charge is 2.33. The zero-order valence-electron chi connectivity index (χ0n) is 21.3. The zero-order valence-corrected chi connectivity index (χ0v) is 22.2. The second kappa shape index (κ2) is 11.7. The van der Waals surface area contributed by atoms with E-state index in [-0.39, 0.29) is 12.5 Å². The van der Waals surface area contributed by atoms with Crippen molar-refractivity contribution in [3.63, 3.8) is 0 Å². The topological polar surface area (TPSA) is 86.8 Å². The summed E-state index contributed by atoms with van der Waals surface area (Å²) in [6.45, 7) is 8.80. The molecule has 0 aromatic heterocycles. The summed E-state index contributed by atoms with van der Waals surface area (Å²) in [5, 5.41) is 2.91. The maximum atomic E-state index is 13.7. The number of rotatable bonds is 10. The highest BCUT2D eigenvalue weighted by molar-refractivity contribution is 7.92. The number of nitrogens with zero attached hydrogens (tertiary/aromatic N) is 2. The Morgan fingerprint density at radius 2 is 1.63 bits per heavy atom. The Morgan fingerprint density at radius 1 is 1.03 bits per heavy atom. The molecule has 7 nitrogen and oxygen atoms in total. The molecule has 0 spiro atoms. The number of benzene rings is 2. The van der Waals surface area contributed by atoms with E-state index in [1.807, 2.05) is 39.8 Å². The van der Waals surface area contributed by atoms with Crippen LogP contribution < -0.4 is 9.62 Å². The first-order valence-electron chi connectivity index (χ1n) is 11.7. The molecule has 1 atom stereocenters. The van der Waals surface area contributed by atoms with E-state index in [2.05, 4.69) is 5.32 Å². The van der Waals surface area contributed by atoms with Gasteiger partial charge < -0.3 is 10.2 Å². The molecule has 192 valence electrons. The fraction of sp³-hybridized carbons (Fsp3) is 0.462. The highest BCUT2D eigenvalue weighted by Crippen LogP contribution is 2.24. The average Bonchev–Trinajstić information content (AvgIpc) is 2.76. The van der Waals surface area contributed by atoms with E-state index in [1.54, 1.807) is 31.2 Å². The third-order valence-electron chi connectivity index (χ3n) is 5.47. The van der Waals surface area contributed by atoms with Gasteiger partial charge in [-0.15, -0.1) is 0 Å². The molecule has 0 fully saturated rings. The molecule has 0 aliphatic rings. The van der Waals surface area contributed by atoms with Crippen LogP contribution in [0.2, 0.25) is 0 Å². The summed E-state index contributed by atoms with van der Waals surface area (Å²) >= 11 is 0. The van der Waals surface area contributed by atoms with Crippen LogP contribution >= 0.6 is 0 Å². The number of carbonyl (C=O) groups is 2. The monoisotopic (exact) mass is 505 g/mol. The minimum Gasteiger partial charge on any atom is -0.350 e. The second-order valence-electron chi connectivity index (χ2n) is 9.56. The summed E-state index contributed by atoms with van der Waals surface area (Å²) in [7, 11) is -3.80. The van der Waals surface area contributed by atoms with Gasteiger partial charge >= 0.3 is 0 Å². The largest absolute Gasteiger partial charge is 0.350 e. The Bertz CT molecular complexity index is 1130. The minimum atomic E-state index is -3.80. The van der Waals surface area contributed by atoms with Crippen molar-refractivity contribution in [3.8, 4) is 0 Å². The molecule has 0 heterocycles. The number of hydrogen-bond acceptors (Lipinski definition) is 4. The molecular formula is C26H36FN3O4S. The standard InChI is InChI=1S/C26H36FN3O4S/c1-7-20-11-9-10-12-23(20)30(35(6,33)34)18-24(31)29(17-19-13-15-21(27)16-14-19)22(8-2)25(32)28-26(3,4)5/h9-16,22H,7-8,17-18H2,1-6H3,(H,28,32)/t22-/m1/s1. The van der Waals surface area contributed by atoms with Gasteiger partial charge in [0.25, 0.3) is 0 Å². The minimum absolute atomic E-state index is 0.0300. The molecular weight excluding hydrogens is 469 g/mol. The van der Waals surface area contributed by atoms with Crippen LogP contribution in [-0.4, -0.2) is 49.5 Å². The molecule has 0 saturated heterocycles. The lowest BCUT2D eigenvalue weighted by Gasteiger charge is -2.34. The van der Waals surface area contributed by atoms with Gasteiger partial charge in [-0.1, -0.05) is 44.2 Å². The fourth-order valence-electron chi connectivity index (χ4n) is 3.81. The summed E-state index contributed by atoms with van der Waals surface area (Å²) in [5.41, 5.74) is 1.32. The number of nitrogens with one attached hydrogen (secondary N) is 1. The van der Waals surface area contributed by atoms with Gasteiger partial charge in [-0.05, 0) is 62.9 Å². The van der Waals surface area contributed by atoms with Gasteiger partial charge in [0.15, 0.2) is 0 Å². The molecule has 35 heavy (non-hydrogen) atoms. The summed E-state index contributed by atoms with van der Waals surface area (Å²) in [4.78, 5) is 28.2. The first-order valence-corrected chi connectivity index (χ1v) is 13.5. The number of carbonyl (C=O) groups excluding carboxylic acids is 2. The van der Waals surface area contributed by atoms with Crippen molar-refractivity contribution in [1.29, 1.82) is 0 Å². The van der Waals surface area contributed by atoms with Crippen molar-refractivity contribution in [2.75, 3.05) is 17.1 Å². The van der Waals surface area contributed by atoms with Crippen LogP contribution in [0.5, 0.6) is 0 Å². The number of sulfonamides is 1. The van der Waals surface area contributed by atoms with E-state index in [0.717, 1.165) is 16.1 Å². The second-order valence-corrected chi connectivity index (χ2v) is 11.5. The molecule has 2 amide bonds. The predicted octanol–water partition coefficient (Wildman–Crippen LogP) is 3.88. The Hall–Kier alpha value is -2.94. The summed E-state index contributed by atoms with van der Waals surface area (Å²) in [6, 6.07) is 11.8. The predicted molar refractivity (Wildman–Crippen MR) is 137 cm³/mol. The van der Waals surface area contributed by atoms with Gasteiger partial charge in [0, 0.05) is 12.1 Å². The van der Waals surface area contributed by atoms with Crippen LogP contribution in [0.4, 0.5) is 10.1 Å². The van der Waals surface area contributed by atoms with Gasteiger partial charge in [0.05, 0.1) is 11.9 Å². The maximum Gasteiger partial charge on any atom is 0.244 e. The first kappa shape index (κ1) is 28.3. The summed E-state index contributed by atoms with van der Waals surface area (Å²) in [6.07, 6.45) is 1.96. The van der Waals surface area contributed by atoms with Crippen LogP contribution in [0.25, 0.3) is 0 Å². The lowest BCUT2D eigenvalue weighted by Crippen LogP contribution is -2.55. The molecule has 0 radical (unpaired) electrons. The van der Waals surface area contributed by atoms with Crippen LogP contribution in [0.1, 0.15) is 52.2 Å². The van der Waals surface area contributed by atoms with Crippen molar-refractivity contribution >= 4 is 27.5 Å². The van der Waals surface area contributed by atoms with E-state index in [1.165, 1.54) is 17.0 Å². The Balaban J connectivity index is 2.48. The molecule has 2 aromatic carbocycles. The molecule has 0 saturated carbocycles. The SMILES string of the molecule is CCc1ccccc1N(CC(=O)N(Cc1ccc(F)cc1)[C@H](CC)C(=O)NC(C)(C)C)S(C)(=O)=O. The molecule has 0 aliphatic carbocycles. The number of para-hydroxylation sites is 1. The van der Waals surface area contributed by atoms with Gasteiger partial charge in [0.2, 0.25) is 21.8 Å². The van der Waals surface area contributed by atoms with Gasteiger partial charge in [-0.2, -0.15) is 0 Å². The van der Waals surface area contributed by atoms with Gasteiger partial charge in [0.1, 0.15) is 18.4 Å². The Labute approximate surface area is 208 Å². The molecule has 0 bridgehead atoms. The Kier molecular flexibility index (Phi) is 9.43. The smallest absolute Gasteiger partial charge is 0.244 e. The van der Waals surface area contributed by atoms with E-state index in [9.17, 15) is 22.4 Å². The van der Waals surface area contributed by atoms with Crippen molar-refractivity contribution in [3.05, 3.63) is 65.5 Å². The summed E-state index contributed by atoms with van der Waals surface area (Å²) in [5.74, 6) is -1.28. The average molecular weight is 506 g/mol. The van der Waals surface area contributed by atoms with Crippen LogP contribution in [0.3, 0.4) is 0 Å². The van der Waals surface area contributed by atoms with Crippen molar-refractivity contribution < 1.29 is 22.4 Å². The van der Waals surface area contributed by atoms with Crippen molar-refractivity contribution in [2.24, 2.45) is 0 Å². The Morgan fingerprint density at radius 3 is 2.14 bits per heavy atom. The number of halogens is 1. The molecule has 1 N–H and O–H groups in total. The molecule has 9 heteroatoms. The maximum absolute atomic E-state index is 13.7. The van der Waals surface area contributed by atoms with E-state index in [4.69, 9.17) is 0 Å². The number of amides is 2. The third-order valence-corrected chi connectivity index (χ3v) is 6.60. The van der Waals surface area contributed by atoms with Gasteiger partial charge in [-0.25, -0.2) is 12.8 Å². The highest BCUT2D eigenvalue weighted by atomic mass is 32.2. The first-order chi connectivity index (χ1) is 16.3. The third kappa shape index (κ3) is 8.06. The summed E-state index contributed by atoms with van der Waals surface area (Å²) < 4.78 is 40.0. The molecule has 2 rings (SSSR count). The van der Waals surface area contributed by atoms with E-state index in [0.29, 0.717) is 24.1 Å². The lowest BCUT2D eigenvalue weighted by molar-refractivity contribution is -0.141. The van der Waals surface area contributed by atoms with Crippen molar-refractivity contribution in [2.45, 2.75) is 65.6 Å². The fourth-order valence-corrected chi connectivity index (χ4v) is 4.69. The van der Waals surface area contributed by atoms with E-state index >= 15 is 0 Å².